The first-order valence-corrected chi connectivity index (χ1v) is 10.2. The molecule has 0 bridgehead atoms. The second-order valence-corrected chi connectivity index (χ2v) is 9.24. The molecule has 0 radical (unpaired) electrons. The normalized spacial score (nSPS) is 26.3. The summed E-state index contributed by atoms with van der Waals surface area (Å²) in [5, 5.41) is 11.5. The Morgan fingerprint density at radius 2 is 2.17 bits per heavy atom. The van der Waals surface area contributed by atoms with Gasteiger partial charge >= 0.3 is 5.97 Å². The van der Waals surface area contributed by atoms with Gasteiger partial charge in [0.25, 0.3) is 12.1 Å². The summed E-state index contributed by atoms with van der Waals surface area (Å²) in [6, 6.07) is 2.91. The highest BCUT2D eigenvalue weighted by Crippen LogP contribution is 2.50. The molecule has 1 aromatic rings. The molecule has 164 valence electrons. The minimum absolute atomic E-state index is 0.0960. The number of benzene rings is 1. The third-order valence-corrected chi connectivity index (χ3v) is 5.95. The fourth-order valence-electron chi connectivity index (χ4n) is 3.64. The lowest BCUT2D eigenvalue weighted by Crippen LogP contribution is -2.43. The number of nitro groups is 1. The molecule has 0 aliphatic carbocycles. The first-order valence-electron chi connectivity index (χ1n) is 9.20. The van der Waals surface area contributed by atoms with Gasteiger partial charge in [-0.1, -0.05) is 0 Å². The summed E-state index contributed by atoms with van der Waals surface area (Å²) in [4.78, 5) is 27.2. The summed E-state index contributed by atoms with van der Waals surface area (Å²) in [6.07, 6.45) is -4.54. The number of alkyl halides is 2. The maximum Gasteiger partial charge on any atom is 0.312 e. The van der Waals surface area contributed by atoms with Gasteiger partial charge in [-0.3, -0.25) is 19.9 Å². The van der Waals surface area contributed by atoms with Crippen molar-refractivity contribution in [2.45, 2.75) is 50.9 Å². The number of hydrogen-bond donors (Lipinski definition) is 0. The van der Waals surface area contributed by atoms with Crippen LogP contribution in [-0.2, 0) is 19.8 Å². The molecule has 7 nitrogen and oxygen atoms in total. The van der Waals surface area contributed by atoms with Crippen LogP contribution in [-0.4, -0.2) is 46.4 Å². The van der Waals surface area contributed by atoms with Crippen molar-refractivity contribution in [3.63, 3.8) is 0 Å². The Morgan fingerprint density at radius 3 is 2.77 bits per heavy atom. The number of ether oxygens (including phenoxy) is 2. The van der Waals surface area contributed by atoms with Crippen molar-refractivity contribution in [3.8, 4) is 0 Å². The molecule has 0 spiro atoms. The van der Waals surface area contributed by atoms with Crippen LogP contribution in [0.15, 0.2) is 23.2 Å². The van der Waals surface area contributed by atoms with Crippen molar-refractivity contribution < 1.29 is 32.4 Å². The van der Waals surface area contributed by atoms with Gasteiger partial charge in [0.1, 0.15) is 23.1 Å². The van der Waals surface area contributed by atoms with Gasteiger partial charge < -0.3 is 9.47 Å². The van der Waals surface area contributed by atoms with Gasteiger partial charge in [-0.2, -0.15) is 0 Å². The van der Waals surface area contributed by atoms with E-state index in [0.29, 0.717) is 0 Å². The molecule has 2 aliphatic rings. The molecule has 3 atom stereocenters. The minimum Gasteiger partial charge on any atom is -0.460 e. The van der Waals surface area contributed by atoms with Crippen molar-refractivity contribution in [3.05, 3.63) is 39.7 Å². The van der Waals surface area contributed by atoms with Crippen molar-refractivity contribution in [1.82, 2.24) is 0 Å². The van der Waals surface area contributed by atoms with E-state index in [9.17, 15) is 28.1 Å². The largest absolute Gasteiger partial charge is 0.460 e. The third-order valence-electron chi connectivity index (χ3n) is 4.85. The van der Waals surface area contributed by atoms with Crippen molar-refractivity contribution in [2.24, 2.45) is 10.9 Å². The molecule has 3 rings (SSSR count). The Morgan fingerprint density at radius 1 is 1.47 bits per heavy atom. The van der Waals surface area contributed by atoms with Crippen LogP contribution in [0.1, 0.15) is 32.8 Å². The molecule has 0 N–H and O–H groups in total. The summed E-state index contributed by atoms with van der Waals surface area (Å²) in [5.41, 5.74) is -2.88. The number of esters is 1. The smallest absolute Gasteiger partial charge is 0.312 e. The number of fused-ring (bicyclic) bond motifs is 1. The number of rotatable bonds is 5. The van der Waals surface area contributed by atoms with Crippen LogP contribution in [0.2, 0.25) is 0 Å². The molecule has 1 saturated heterocycles. The quantitative estimate of drug-likeness (QED) is 0.384. The molecule has 2 heterocycles. The molecule has 30 heavy (non-hydrogen) atoms. The van der Waals surface area contributed by atoms with E-state index in [0.717, 1.165) is 30.0 Å². The minimum atomic E-state index is -2.83. The van der Waals surface area contributed by atoms with Crippen molar-refractivity contribution >= 4 is 28.5 Å². The summed E-state index contributed by atoms with van der Waals surface area (Å²) in [6.45, 7) is 4.74. The van der Waals surface area contributed by atoms with E-state index in [1.165, 1.54) is 0 Å². The van der Waals surface area contributed by atoms with Gasteiger partial charge in [-0.05, 0) is 26.8 Å². The average Bonchev–Trinajstić information content (AvgIpc) is 3.00. The molecular formula is C19H21F3N2O5S. The highest BCUT2D eigenvalue weighted by Gasteiger charge is 2.57. The zero-order valence-electron chi connectivity index (χ0n) is 16.6. The summed E-state index contributed by atoms with van der Waals surface area (Å²) in [7, 11) is 0. The Labute approximate surface area is 175 Å². The van der Waals surface area contributed by atoms with Gasteiger partial charge in [0.05, 0.1) is 23.0 Å². The van der Waals surface area contributed by atoms with Crippen LogP contribution >= 0.6 is 11.8 Å². The van der Waals surface area contributed by atoms with E-state index >= 15 is 0 Å². The highest BCUT2D eigenvalue weighted by molar-refractivity contribution is 8.14. The van der Waals surface area contributed by atoms with Crippen LogP contribution in [0.3, 0.4) is 0 Å². The number of hydrogen-bond acceptors (Lipinski definition) is 7. The lowest BCUT2D eigenvalue weighted by molar-refractivity contribution is -0.385. The Kier molecular flexibility index (Phi) is 6.15. The Hall–Kier alpha value is -2.14. The molecule has 11 heteroatoms. The van der Waals surface area contributed by atoms with E-state index in [4.69, 9.17) is 9.47 Å². The maximum atomic E-state index is 14.8. The first kappa shape index (κ1) is 22.5. The third kappa shape index (κ3) is 4.46. The highest BCUT2D eigenvalue weighted by atomic mass is 32.2. The Balaban J connectivity index is 2.05. The molecule has 0 amide bonds. The van der Waals surface area contributed by atoms with E-state index in [1.54, 1.807) is 20.8 Å². The second-order valence-electron chi connectivity index (χ2n) is 8.14. The van der Waals surface area contributed by atoms with Gasteiger partial charge in [-0.25, -0.2) is 13.2 Å². The molecule has 0 aromatic heterocycles. The molecule has 1 aromatic carbocycles. The van der Waals surface area contributed by atoms with Crippen molar-refractivity contribution in [1.29, 1.82) is 0 Å². The number of non-ortho nitro benzene ring substituents is 1. The summed E-state index contributed by atoms with van der Waals surface area (Å²) >= 11 is 1.10. The monoisotopic (exact) mass is 446 g/mol. The van der Waals surface area contributed by atoms with Crippen molar-refractivity contribution in [2.75, 3.05) is 12.4 Å². The van der Waals surface area contributed by atoms with E-state index < -0.39 is 46.3 Å². The molecule has 0 saturated carbocycles. The predicted octanol–water partition coefficient (Wildman–Crippen LogP) is 4.09. The zero-order valence-corrected chi connectivity index (χ0v) is 17.4. The Bertz CT molecular complexity index is 889. The molecule has 2 aliphatic heterocycles. The van der Waals surface area contributed by atoms with Crippen LogP contribution in [0.4, 0.5) is 18.9 Å². The van der Waals surface area contributed by atoms with Gasteiger partial charge in [0.2, 0.25) is 0 Å². The molecular weight excluding hydrogens is 425 g/mol. The van der Waals surface area contributed by atoms with E-state index in [1.807, 2.05) is 0 Å². The number of carbonyl (C=O) groups excluding carboxylic acids is 1. The first-order chi connectivity index (χ1) is 13.9. The van der Waals surface area contributed by atoms with Crippen LogP contribution in [0.25, 0.3) is 0 Å². The maximum absolute atomic E-state index is 14.8. The number of carbonyl (C=O) groups is 1. The van der Waals surface area contributed by atoms with E-state index in [-0.39, 0.29) is 35.1 Å². The molecule has 0 unspecified atom stereocenters. The number of aliphatic imine (C=N–C) groups is 1. The number of halogens is 3. The number of thioether (sulfide) groups is 1. The van der Waals surface area contributed by atoms with E-state index in [2.05, 4.69) is 4.99 Å². The zero-order chi connectivity index (χ0) is 22.3. The average molecular weight is 446 g/mol. The lowest BCUT2D eigenvalue weighted by atomic mass is 9.78. The van der Waals surface area contributed by atoms with Gasteiger partial charge in [-0.15, -0.1) is 11.8 Å². The standard InChI is InChI=1S/C19H21F3N2O5S/c1-18(2,3)29-15(25)7-14-23-19(9-28-16(17(21)22)12(19)8-30-14)11-6-10(24(26)27)4-5-13(11)20/h4-6,12,16-17H,7-9H2,1-3H3/t12-,16+,19-/m1/s1. The second kappa shape index (κ2) is 8.18. The van der Waals surface area contributed by atoms with Gasteiger partial charge in [0, 0.05) is 29.4 Å². The topological polar surface area (TPSA) is 91.0 Å². The fraction of sp³-hybridized carbons (Fsp3) is 0.579. The number of nitro benzene ring substituents is 1. The fourth-order valence-corrected chi connectivity index (χ4v) is 4.93. The van der Waals surface area contributed by atoms with Crippen LogP contribution < -0.4 is 0 Å². The molecule has 1 fully saturated rings. The number of nitrogens with zero attached hydrogens (tertiary/aromatic N) is 2. The SMILES string of the molecule is CC(C)(C)OC(=O)CC1=N[C@@]2(c3cc([N+](=O)[O-])ccc3F)CO[C@H](C(F)F)[C@H]2CS1. The van der Waals surface area contributed by atoms with Gasteiger partial charge in [0.15, 0.2) is 0 Å². The predicted molar refractivity (Wildman–Crippen MR) is 104 cm³/mol. The van der Waals surface area contributed by atoms with Crippen LogP contribution in [0.5, 0.6) is 0 Å². The summed E-state index contributed by atoms with van der Waals surface area (Å²) in [5.74, 6) is -2.19. The summed E-state index contributed by atoms with van der Waals surface area (Å²) < 4.78 is 52.4. The lowest BCUT2D eigenvalue weighted by Gasteiger charge is -2.36. The van der Waals surface area contributed by atoms with Crippen LogP contribution in [0, 0.1) is 21.8 Å².